The summed E-state index contributed by atoms with van der Waals surface area (Å²) in [5.41, 5.74) is 1.55. The van der Waals surface area contributed by atoms with Crippen molar-refractivity contribution in [1.29, 1.82) is 0 Å². The maximum absolute atomic E-state index is 5.86. The first-order valence-corrected chi connectivity index (χ1v) is 7.24. The Labute approximate surface area is 118 Å². The van der Waals surface area contributed by atoms with Gasteiger partial charge in [-0.3, -0.25) is 4.90 Å². The quantitative estimate of drug-likeness (QED) is 0.853. The van der Waals surface area contributed by atoms with E-state index < -0.39 is 0 Å². The third kappa shape index (κ3) is 4.66. The van der Waals surface area contributed by atoms with Crippen LogP contribution in [0.5, 0.6) is 0 Å². The summed E-state index contributed by atoms with van der Waals surface area (Å²) in [7, 11) is 2.16. The fraction of sp³-hybridized carbons (Fsp3) is 0.750. The SMILES string of the molecule is CCNCc1cc(CN(C)C(C)C(C)(C)C)oc1C. The maximum Gasteiger partial charge on any atom is 0.118 e. The Balaban J connectivity index is 2.67. The average molecular weight is 266 g/mol. The Kier molecular flexibility index (Phi) is 5.63. The number of furan rings is 1. The molecule has 1 heterocycles. The van der Waals surface area contributed by atoms with E-state index in [2.05, 4.69) is 57.9 Å². The van der Waals surface area contributed by atoms with Gasteiger partial charge in [-0.05, 0) is 38.9 Å². The number of hydrogen-bond acceptors (Lipinski definition) is 3. The fourth-order valence-corrected chi connectivity index (χ4v) is 2.14. The summed E-state index contributed by atoms with van der Waals surface area (Å²) < 4.78 is 5.86. The van der Waals surface area contributed by atoms with Crippen LogP contribution in [0.3, 0.4) is 0 Å². The average Bonchev–Trinajstić information content (AvgIpc) is 2.64. The summed E-state index contributed by atoms with van der Waals surface area (Å²) in [6.07, 6.45) is 0. The molecule has 1 rings (SSSR count). The molecule has 0 aromatic carbocycles. The molecule has 1 N–H and O–H groups in total. The van der Waals surface area contributed by atoms with Crippen LogP contribution in [0.25, 0.3) is 0 Å². The highest BCUT2D eigenvalue weighted by Crippen LogP contribution is 2.25. The molecule has 0 radical (unpaired) electrons. The molecule has 0 saturated heterocycles. The van der Waals surface area contributed by atoms with E-state index in [0.717, 1.165) is 31.2 Å². The first kappa shape index (κ1) is 16.3. The molecule has 0 aliphatic heterocycles. The molecule has 3 heteroatoms. The zero-order valence-corrected chi connectivity index (χ0v) is 13.6. The third-order valence-electron chi connectivity index (χ3n) is 3.96. The predicted octanol–water partition coefficient (Wildman–Crippen LogP) is 3.56. The van der Waals surface area contributed by atoms with Crippen LogP contribution in [0.15, 0.2) is 10.5 Å². The van der Waals surface area contributed by atoms with Crippen LogP contribution in [-0.2, 0) is 13.1 Å². The molecule has 1 aromatic heterocycles. The van der Waals surface area contributed by atoms with Gasteiger partial charge >= 0.3 is 0 Å². The minimum atomic E-state index is 0.281. The van der Waals surface area contributed by atoms with Gasteiger partial charge in [0.05, 0.1) is 6.54 Å². The topological polar surface area (TPSA) is 28.4 Å². The summed E-state index contributed by atoms with van der Waals surface area (Å²) in [6.45, 7) is 16.0. The van der Waals surface area contributed by atoms with E-state index in [9.17, 15) is 0 Å². The highest BCUT2D eigenvalue weighted by Gasteiger charge is 2.24. The van der Waals surface area contributed by atoms with E-state index in [1.165, 1.54) is 5.56 Å². The smallest absolute Gasteiger partial charge is 0.118 e. The number of hydrogen-bond donors (Lipinski definition) is 1. The Morgan fingerprint density at radius 2 is 2.00 bits per heavy atom. The minimum Gasteiger partial charge on any atom is -0.465 e. The number of rotatable bonds is 6. The van der Waals surface area contributed by atoms with Crippen molar-refractivity contribution in [2.75, 3.05) is 13.6 Å². The molecule has 0 bridgehead atoms. The summed E-state index contributed by atoms with van der Waals surface area (Å²) in [5.74, 6) is 2.09. The molecule has 0 saturated carbocycles. The van der Waals surface area contributed by atoms with E-state index in [4.69, 9.17) is 4.42 Å². The van der Waals surface area contributed by atoms with Crippen LogP contribution < -0.4 is 5.32 Å². The number of nitrogens with zero attached hydrogens (tertiary/aromatic N) is 1. The van der Waals surface area contributed by atoms with Gasteiger partial charge in [0, 0.05) is 18.2 Å². The van der Waals surface area contributed by atoms with Crippen molar-refractivity contribution in [3.8, 4) is 0 Å². The largest absolute Gasteiger partial charge is 0.465 e. The monoisotopic (exact) mass is 266 g/mol. The van der Waals surface area contributed by atoms with E-state index in [1.807, 2.05) is 6.92 Å². The first-order valence-electron chi connectivity index (χ1n) is 7.24. The normalized spacial score (nSPS) is 14.1. The van der Waals surface area contributed by atoms with Crippen molar-refractivity contribution < 1.29 is 4.42 Å². The highest BCUT2D eigenvalue weighted by atomic mass is 16.3. The molecule has 0 aliphatic carbocycles. The Morgan fingerprint density at radius 1 is 1.37 bits per heavy atom. The van der Waals surface area contributed by atoms with E-state index in [0.29, 0.717) is 6.04 Å². The lowest BCUT2D eigenvalue weighted by molar-refractivity contribution is 0.126. The van der Waals surface area contributed by atoms with Gasteiger partial charge in [-0.1, -0.05) is 27.7 Å². The van der Waals surface area contributed by atoms with Crippen molar-refractivity contribution >= 4 is 0 Å². The van der Waals surface area contributed by atoms with Crippen LogP contribution in [-0.4, -0.2) is 24.5 Å². The lowest BCUT2D eigenvalue weighted by Crippen LogP contribution is -2.38. The first-order chi connectivity index (χ1) is 8.75. The van der Waals surface area contributed by atoms with Crippen LogP contribution in [0, 0.1) is 12.3 Å². The van der Waals surface area contributed by atoms with E-state index in [1.54, 1.807) is 0 Å². The Morgan fingerprint density at radius 3 is 2.53 bits per heavy atom. The summed E-state index contributed by atoms with van der Waals surface area (Å²) >= 11 is 0. The third-order valence-corrected chi connectivity index (χ3v) is 3.96. The van der Waals surface area contributed by atoms with Crippen LogP contribution in [0.2, 0.25) is 0 Å². The molecule has 19 heavy (non-hydrogen) atoms. The van der Waals surface area contributed by atoms with Gasteiger partial charge in [0.15, 0.2) is 0 Å². The molecule has 1 aromatic rings. The maximum atomic E-state index is 5.86. The summed E-state index contributed by atoms with van der Waals surface area (Å²) in [5, 5.41) is 3.35. The fourth-order valence-electron chi connectivity index (χ4n) is 2.14. The van der Waals surface area contributed by atoms with Crippen molar-refractivity contribution in [2.45, 2.75) is 60.7 Å². The van der Waals surface area contributed by atoms with Gasteiger partial charge in [-0.2, -0.15) is 0 Å². The number of nitrogens with one attached hydrogen (secondary N) is 1. The van der Waals surface area contributed by atoms with Gasteiger partial charge in [0.25, 0.3) is 0 Å². The van der Waals surface area contributed by atoms with Crippen molar-refractivity contribution in [3.05, 3.63) is 23.2 Å². The standard InChI is InChI=1S/C16H30N2O/c1-8-17-10-14-9-15(19-12(14)2)11-18(7)13(3)16(4,5)6/h9,13,17H,8,10-11H2,1-7H3. The Bertz CT molecular complexity index is 390. The molecular formula is C16H30N2O. The van der Waals surface area contributed by atoms with Crippen molar-refractivity contribution in [3.63, 3.8) is 0 Å². The van der Waals surface area contributed by atoms with Crippen molar-refractivity contribution in [1.82, 2.24) is 10.2 Å². The molecule has 0 aliphatic rings. The second-order valence-electron chi connectivity index (χ2n) is 6.53. The molecule has 1 atom stereocenters. The van der Waals surface area contributed by atoms with E-state index in [-0.39, 0.29) is 5.41 Å². The zero-order chi connectivity index (χ0) is 14.6. The second kappa shape index (κ2) is 6.58. The van der Waals surface area contributed by atoms with Gasteiger partial charge in [0.2, 0.25) is 0 Å². The van der Waals surface area contributed by atoms with E-state index >= 15 is 0 Å². The molecule has 0 spiro atoms. The second-order valence-corrected chi connectivity index (χ2v) is 6.53. The molecule has 3 nitrogen and oxygen atoms in total. The molecule has 0 amide bonds. The molecule has 110 valence electrons. The lowest BCUT2D eigenvalue weighted by Gasteiger charge is -2.34. The predicted molar refractivity (Wildman–Crippen MR) is 81.2 cm³/mol. The van der Waals surface area contributed by atoms with Gasteiger partial charge in [0.1, 0.15) is 11.5 Å². The molecule has 1 unspecified atom stereocenters. The van der Waals surface area contributed by atoms with Crippen molar-refractivity contribution in [2.24, 2.45) is 5.41 Å². The molecule has 0 fully saturated rings. The number of aryl methyl sites for hydroxylation is 1. The summed E-state index contributed by atoms with van der Waals surface area (Å²) in [4.78, 5) is 2.36. The van der Waals surface area contributed by atoms with Gasteiger partial charge in [-0.25, -0.2) is 0 Å². The highest BCUT2D eigenvalue weighted by molar-refractivity contribution is 5.20. The summed E-state index contributed by atoms with van der Waals surface area (Å²) in [6, 6.07) is 2.69. The van der Waals surface area contributed by atoms with Crippen LogP contribution in [0.1, 0.15) is 51.7 Å². The lowest BCUT2D eigenvalue weighted by atomic mass is 9.87. The zero-order valence-electron chi connectivity index (χ0n) is 13.6. The van der Waals surface area contributed by atoms with Gasteiger partial charge < -0.3 is 9.73 Å². The molecular weight excluding hydrogens is 236 g/mol. The van der Waals surface area contributed by atoms with Crippen LogP contribution in [0.4, 0.5) is 0 Å². The Hall–Kier alpha value is -0.800. The van der Waals surface area contributed by atoms with Crippen LogP contribution >= 0.6 is 0 Å². The minimum absolute atomic E-state index is 0.281. The van der Waals surface area contributed by atoms with Gasteiger partial charge in [-0.15, -0.1) is 0 Å².